The standard InChI is InChI=1S/C16H29NO3S/c1-11(2)14(15(19)20-16(3,4)5)17-13(18)10-12-6-8-21-9-7-12/h11-12,14H,6-10H2,1-5H3,(H,17,18)/t14-/m0/s1. The van der Waals surface area contributed by atoms with Crippen LogP contribution in [0.4, 0.5) is 0 Å². The number of nitrogens with one attached hydrogen (secondary N) is 1. The zero-order valence-corrected chi connectivity index (χ0v) is 14.7. The maximum absolute atomic E-state index is 12.2. The third-order valence-corrected chi connectivity index (χ3v) is 4.51. The lowest BCUT2D eigenvalue weighted by molar-refractivity contribution is -0.160. The van der Waals surface area contributed by atoms with Crippen LogP contribution in [0.5, 0.6) is 0 Å². The van der Waals surface area contributed by atoms with Crippen molar-refractivity contribution in [3.8, 4) is 0 Å². The Kier molecular flexibility index (Phi) is 7.04. The molecule has 1 saturated heterocycles. The van der Waals surface area contributed by atoms with Gasteiger partial charge in [0.1, 0.15) is 11.6 Å². The molecule has 1 atom stereocenters. The monoisotopic (exact) mass is 315 g/mol. The minimum atomic E-state index is -0.560. The molecule has 1 aliphatic heterocycles. The van der Waals surface area contributed by atoms with Gasteiger partial charge in [0.05, 0.1) is 0 Å². The third-order valence-electron chi connectivity index (χ3n) is 3.46. The van der Waals surface area contributed by atoms with Crippen molar-refractivity contribution in [3.05, 3.63) is 0 Å². The highest BCUT2D eigenvalue weighted by Crippen LogP contribution is 2.25. The molecule has 1 amide bonds. The van der Waals surface area contributed by atoms with Crippen molar-refractivity contribution in [3.63, 3.8) is 0 Å². The zero-order valence-electron chi connectivity index (χ0n) is 13.9. The molecule has 0 aromatic rings. The number of hydrogen-bond donors (Lipinski definition) is 1. The Balaban J connectivity index is 2.52. The largest absolute Gasteiger partial charge is 0.458 e. The van der Waals surface area contributed by atoms with Crippen LogP contribution in [0, 0.1) is 11.8 Å². The maximum atomic E-state index is 12.2. The lowest BCUT2D eigenvalue weighted by Crippen LogP contribution is -2.47. The Hall–Kier alpha value is -0.710. The van der Waals surface area contributed by atoms with E-state index in [0.717, 1.165) is 24.3 Å². The molecule has 0 saturated carbocycles. The van der Waals surface area contributed by atoms with Crippen molar-refractivity contribution in [1.29, 1.82) is 0 Å². The van der Waals surface area contributed by atoms with Crippen LogP contribution >= 0.6 is 11.8 Å². The van der Waals surface area contributed by atoms with Gasteiger partial charge in [-0.05, 0) is 57.0 Å². The quantitative estimate of drug-likeness (QED) is 0.792. The van der Waals surface area contributed by atoms with Gasteiger partial charge in [-0.3, -0.25) is 4.79 Å². The summed E-state index contributed by atoms with van der Waals surface area (Å²) >= 11 is 1.95. The average molecular weight is 315 g/mol. The average Bonchev–Trinajstić information content (AvgIpc) is 2.34. The van der Waals surface area contributed by atoms with E-state index >= 15 is 0 Å². The number of carbonyl (C=O) groups excluding carboxylic acids is 2. The number of rotatable bonds is 5. The lowest BCUT2D eigenvalue weighted by atomic mass is 9.97. The Morgan fingerprint density at radius 1 is 1.24 bits per heavy atom. The summed E-state index contributed by atoms with van der Waals surface area (Å²) in [7, 11) is 0. The summed E-state index contributed by atoms with van der Waals surface area (Å²) in [5.74, 6) is 2.37. The van der Waals surface area contributed by atoms with Gasteiger partial charge in [0.15, 0.2) is 0 Å². The van der Waals surface area contributed by atoms with Crippen molar-refractivity contribution in [1.82, 2.24) is 5.32 Å². The molecule has 4 nitrogen and oxygen atoms in total. The number of carbonyl (C=O) groups is 2. The van der Waals surface area contributed by atoms with E-state index in [2.05, 4.69) is 5.32 Å². The van der Waals surface area contributed by atoms with Crippen LogP contribution in [-0.4, -0.2) is 35.0 Å². The van der Waals surface area contributed by atoms with Crippen molar-refractivity contribution < 1.29 is 14.3 Å². The predicted molar refractivity (Wildman–Crippen MR) is 87.3 cm³/mol. The molecule has 0 unspecified atom stereocenters. The van der Waals surface area contributed by atoms with Gasteiger partial charge in [0.2, 0.25) is 5.91 Å². The maximum Gasteiger partial charge on any atom is 0.329 e. The molecule has 0 aliphatic carbocycles. The summed E-state index contributed by atoms with van der Waals surface area (Å²) in [6, 6.07) is -0.560. The highest BCUT2D eigenvalue weighted by molar-refractivity contribution is 7.99. The molecule has 1 heterocycles. The second-order valence-electron chi connectivity index (χ2n) is 7.08. The fourth-order valence-electron chi connectivity index (χ4n) is 2.31. The van der Waals surface area contributed by atoms with Gasteiger partial charge in [0, 0.05) is 6.42 Å². The molecule has 1 fully saturated rings. The summed E-state index contributed by atoms with van der Waals surface area (Å²) < 4.78 is 5.40. The van der Waals surface area contributed by atoms with E-state index in [9.17, 15) is 9.59 Å². The highest BCUT2D eigenvalue weighted by atomic mass is 32.2. The second-order valence-corrected chi connectivity index (χ2v) is 8.31. The Morgan fingerprint density at radius 2 is 1.81 bits per heavy atom. The molecule has 0 bridgehead atoms. The molecule has 1 N–H and O–H groups in total. The van der Waals surface area contributed by atoms with E-state index in [-0.39, 0.29) is 17.8 Å². The summed E-state index contributed by atoms with van der Waals surface area (Å²) in [6.45, 7) is 9.36. The summed E-state index contributed by atoms with van der Waals surface area (Å²) in [5, 5.41) is 2.87. The normalized spacial score (nSPS) is 18.4. The molecule has 21 heavy (non-hydrogen) atoms. The first-order valence-electron chi connectivity index (χ1n) is 7.79. The van der Waals surface area contributed by atoms with Crippen LogP contribution in [0.25, 0.3) is 0 Å². The van der Waals surface area contributed by atoms with Crippen LogP contribution in [0.15, 0.2) is 0 Å². The number of ether oxygens (including phenoxy) is 1. The number of amides is 1. The summed E-state index contributed by atoms with van der Waals surface area (Å²) in [4.78, 5) is 24.4. The van der Waals surface area contributed by atoms with Gasteiger partial charge in [-0.15, -0.1) is 0 Å². The first kappa shape index (κ1) is 18.3. The van der Waals surface area contributed by atoms with Crippen LogP contribution in [0.2, 0.25) is 0 Å². The van der Waals surface area contributed by atoms with E-state index in [1.54, 1.807) is 0 Å². The van der Waals surface area contributed by atoms with Crippen LogP contribution in [0.3, 0.4) is 0 Å². The summed E-state index contributed by atoms with van der Waals surface area (Å²) in [6.07, 6.45) is 2.71. The van der Waals surface area contributed by atoms with Gasteiger partial charge < -0.3 is 10.1 Å². The summed E-state index contributed by atoms with van der Waals surface area (Å²) in [5.41, 5.74) is -0.532. The van der Waals surface area contributed by atoms with Crippen LogP contribution < -0.4 is 5.32 Å². The fraction of sp³-hybridized carbons (Fsp3) is 0.875. The van der Waals surface area contributed by atoms with Gasteiger partial charge >= 0.3 is 5.97 Å². The molecule has 0 aromatic carbocycles. The van der Waals surface area contributed by atoms with E-state index in [1.807, 2.05) is 46.4 Å². The molecule has 122 valence electrons. The molecule has 0 spiro atoms. The number of esters is 1. The van der Waals surface area contributed by atoms with E-state index in [1.165, 1.54) is 0 Å². The Labute approximate surface area is 132 Å². The van der Waals surface area contributed by atoms with Gasteiger partial charge in [-0.2, -0.15) is 11.8 Å². The smallest absolute Gasteiger partial charge is 0.329 e. The first-order chi connectivity index (χ1) is 9.69. The molecule has 0 radical (unpaired) electrons. The van der Waals surface area contributed by atoms with E-state index in [4.69, 9.17) is 4.74 Å². The van der Waals surface area contributed by atoms with Crippen LogP contribution in [0.1, 0.15) is 53.9 Å². The lowest BCUT2D eigenvalue weighted by Gasteiger charge is -2.27. The number of hydrogen-bond acceptors (Lipinski definition) is 4. The minimum absolute atomic E-state index is 0.0192. The predicted octanol–water partition coefficient (Wildman–Crippen LogP) is 3.00. The van der Waals surface area contributed by atoms with Gasteiger partial charge in [-0.25, -0.2) is 4.79 Å². The topological polar surface area (TPSA) is 55.4 Å². The van der Waals surface area contributed by atoms with E-state index in [0.29, 0.717) is 12.3 Å². The van der Waals surface area contributed by atoms with Gasteiger partial charge in [0.25, 0.3) is 0 Å². The van der Waals surface area contributed by atoms with Crippen LogP contribution in [-0.2, 0) is 14.3 Å². The molecule has 0 aromatic heterocycles. The van der Waals surface area contributed by atoms with Crippen molar-refractivity contribution in [2.75, 3.05) is 11.5 Å². The van der Waals surface area contributed by atoms with Gasteiger partial charge in [-0.1, -0.05) is 13.8 Å². The number of thioether (sulfide) groups is 1. The molecule has 1 aliphatic rings. The Morgan fingerprint density at radius 3 is 2.29 bits per heavy atom. The fourth-order valence-corrected chi connectivity index (χ4v) is 3.51. The Bertz CT molecular complexity index is 357. The molecule has 5 heteroatoms. The minimum Gasteiger partial charge on any atom is -0.458 e. The first-order valence-corrected chi connectivity index (χ1v) is 8.94. The molecule has 1 rings (SSSR count). The highest BCUT2D eigenvalue weighted by Gasteiger charge is 2.29. The molecular weight excluding hydrogens is 286 g/mol. The third kappa shape index (κ3) is 7.21. The zero-order chi connectivity index (χ0) is 16.0. The van der Waals surface area contributed by atoms with Crippen molar-refractivity contribution >= 4 is 23.6 Å². The molecular formula is C16H29NO3S. The van der Waals surface area contributed by atoms with E-state index < -0.39 is 11.6 Å². The van der Waals surface area contributed by atoms with Crippen molar-refractivity contribution in [2.45, 2.75) is 65.5 Å². The SMILES string of the molecule is CC(C)[C@H](NC(=O)CC1CCSCC1)C(=O)OC(C)(C)C. The second kappa shape index (κ2) is 8.06. The van der Waals surface area contributed by atoms with Crippen molar-refractivity contribution in [2.24, 2.45) is 11.8 Å².